The van der Waals surface area contributed by atoms with E-state index in [1.54, 1.807) is 0 Å². The highest BCUT2D eigenvalue weighted by Crippen LogP contribution is 2.75. The Balaban J connectivity index is 1.43. The van der Waals surface area contributed by atoms with Crippen LogP contribution in [-0.2, 0) is 12.5 Å². The molecule has 1 saturated carbocycles. The van der Waals surface area contributed by atoms with Crippen molar-refractivity contribution >= 4 is 22.2 Å². The predicted octanol–water partition coefficient (Wildman–Crippen LogP) is 8.20. The molecular formula is C38H38N5O+. The molecule has 1 aliphatic rings. The number of hydrogen-bond donors (Lipinski definition) is 0. The molecule has 4 aromatic heterocycles. The molecule has 0 radical (unpaired) electrons. The van der Waals surface area contributed by atoms with Gasteiger partial charge in [0.05, 0.1) is 11.3 Å². The Kier molecular flexibility index (Phi) is 5.45. The molecule has 1 unspecified atom stereocenters. The van der Waals surface area contributed by atoms with Crippen LogP contribution < -0.4 is 4.57 Å². The maximum Gasteiger partial charge on any atom is 0.308 e. The molecule has 44 heavy (non-hydrogen) atoms. The van der Waals surface area contributed by atoms with Gasteiger partial charge in [-0.3, -0.25) is 4.40 Å². The number of rotatable bonds is 4. The first kappa shape index (κ1) is 26.9. The summed E-state index contributed by atoms with van der Waals surface area (Å²) in [6.07, 6.45) is 8.11. The summed E-state index contributed by atoms with van der Waals surface area (Å²) < 4.78 is 13.0. The summed E-state index contributed by atoms with van der Waals surface area (Å²) in [6, 6.07) is 19.7. The van der Waals surface area contributed by atoms with Crippen molar-refractivity contribution in [2.75, 3.05) is 0 Å². The van der Waals surface area contributed by atoms with Gasteiger partial charge in [0.25, 0.3) is 5.52 Å². The van der Waals surface area contributed by atoms with Gasteiger partial charge in [-0.25, -0.2) is 14.5 Å². The fourth-order valence-corrected chi connectivity index (χ4v) is 8.30. The second-order valence-electron chi connectivity index (χ2n) is 13.6. The second kappa shape index (κ2) is 8.91. The van der Waals surface area contributed by atoms with E-state index in [-0.39, 0.29) is 16.7 Å². The smallest absolute Gasteiger partial charge is 0.308 e. The van der Waals surface area contributed by atoms with Gasteiger partial charge in [0, 0.05) is 58.7 Å². The third-order valence-electron chi connectivity index (χ3n) is 10.7. The fraction of sp³-hybridized carbons (Fsp3) is 0.289. The molecule has 220 valence electrons. The molecule has 2 atom stereocenters. The summed E-state index contributed by atoms with van der Waals surface area (Å²) in [7, 11) is 2.06. The van der Waals surface area contributed by atoms with E-state index >= 15 is 0 Å². The molecule has 6 nitrogen and oxygen atoms in total. The predicted molar refractivity (Wildman–Crippen MR) is 175 cm³/mol. The first-order valence-electron chi connectivity index (χ1n) is 15.4. The van der Waals surface area contributed by atoms with Gasteiger partial charge < -0.3 is 4.57 Å². The van der Waals surface area contributed by atoms with E-state index in [9.17, 15) is 0 Å². The monoisotopic (exact) mass is 580 g/mol. The summed E-state index contributed by atoms with van der Waals surface area (Å²) in [5, 5.41) is 0. The van der Waals surface area contributed by atoms with Crippen LogP contribution in [0.2, 0.25) is 0 Å². The lowest BCUT2D eigenvalue weighted by Gasteiger charge is -2.12. The third kappa shape index (κ3) is 3.39. The zero-order chi connectivity index (χ0) is 30.7. The van der Waals surface area contributed by atoms with Crippen molar-refractivity contribution < 1.29 is 9.10 Å². The lowest BCUT2D eigenvalue weighted by atomic mass is 9.89. The summed E-state index contributed by atoms with van der Waals surface area (Å²) in [5.41, 5.74) is 14.6. The minimum absolute atomic E-state index is 0.0396. The summed E-state index contributed by atoms with van der Waals surface area (Å²) >= 11 is 0. The van der Waals surface area contributed by atoms with Crippen LogP contribution in [0.1, 0.15) is 60.1 Å². The molecule has 0 amide bonds. The van der Waals surface area contributed by atoms with Crippen molar-refractivity contribution in [3.05, 3.63) is 113 Å². The summed E-state index contributed by atoms with van der Waals surface area (Å²) in [5.74, 6) is 1.25. The summed E-state index contributed by atoms with van der Waals surface area (Å²) in [6.45, 7) is 15.8. The summed E-state index contributed by atoms with van der Waals surface area (Å²) in [4.78, 5) is 10.1. The third-order valence-corrected chi connectivity index (χ3v) is 10.7. The lowest BCUT2D eigenvalue weighted by molar-refractivity contribution is -0.693. The van der Waals surface area contributed by atoms with Crippen LogP contribution in [0.15, 0.2) is 84.0 Å². The molecule has 0 saturated heterocycles. The molecule has 1 aliphatic carbocycles. The van der Waals surface area contributed by atoms with Gasteiger partial charge in [-0.2, -0.15) is 0 Å². The molecular weight excluding hydrogens is 542 g/mol. The second-order valence-corrected chi connectivity index (χ2v) is 13.6. The van der Waals surface area contributed by atoms with Gasteiger partial charge in [0.1, 0.15) is 11.3 Å². The number of aromatic nitrogens is 5. The minimum Gasteiger partial charge on any atom is -0.334 e. The number of nitrogens with zero attached hydrogens (tertiary/aromatic N) is 5. The maximum atomic E-state index is 6.56. The fourth-order valence-electron chi connectivity index (χ4n) is 8.30. The number of hydrogen-bond acceptors (Lipinski definition) is 3. The lowest BCUT2D eigenvalue weighted by Crippen LogP contribution is -2.24. The largest absolute Gasteiger partial charge is 0.334 e. The van der Waals surface area contributed by atoms with Crippen LogP contribution in [0.3, 0.4) is 0 Å². The normalized spacial score (nSPS) is 19.4. The molecule has 0 spiro atoms. The van der Waals surface area contributed by atoms with E-state index < -0.39 is 0 Å². The van der Waals surface area contributed by atoms with Gasteiger partial charge in [-0.15, -0.1) is 0 Å². The quantitative estimate of drug-likeness (QED) is 0.197. The first-order valence-corrected chi connectivity index (χ1v) is 15.4. The van der Waals surface area contributed by atoms with Gasteiger partial charge in [0.2, 0.25) is 5.65 Å². The molecule has 6 heteroatoms. The van der Waals surface area contributed by atoms with E-state index in [4.69, 9.17) is 14.5 Å². The topological polar surface area (TPSA) is 52.4 Å². The zero-order valence-corrected chi connectivity index (χ0v) is 26.7. The number of fused-ring (bicyclic) bond motifs is 6. The Morgan fingerprint density at radius 1 is 0.909 bits per heavy atom. The molecule has 3 aromatic carbocycles. The van der Waals surface area contributed by atoms with Crippen molar-refractivity contribution in [1.29, 1.82) is 0 Å². The van der Waals surface area contributed by atoms with Crippen LogP contribution in [0.25, 0.3) is 44.8 Å². The molecule has 1 fully saturated rings. The molecule has 8 rings (SSSR count). The highest BCUT2D eigenvalue weighted by Gasteiger charge is 2.71. The van der Waals surface area contributed by atoms with Crippen LogP contribution in [-0.4, -0.2) is 18.9 Å². The first-order chi connectivity index (χ1) is 21.0. The van der Waals surface area contributed by atoms with Crippen LogP contribution in [0.4, 0.5) is 0 Å². The molecule has 4 heterocycles. The van der Waals surface area contributed by atoms with E-state index in [2.05, 4.69) is 125 Å². The van der Waals surface area contributed by atoms with Crippen molar-refractivity contribution in [2.24, 2.45) is 12.5 Å². The molecule has 0 bridgehead atoms. The van der Waals surface area contributed by atoms with Crippen molar-refractivity contribution in [1.82, 2.24) is 18.9 Å². The maximum absolute atomic E-state index is 6.56. The van der Waals surface area contributed by atoms with E-state index in [1.165, 1.54) is 44.5 Å². The Morgan fingerprint density at radius 2 is 1.66 bits per heavy atom. The Labute approximate surface area is 257 Å². The highest BCUT2D eigenvalue weighted by molar-refractivity contribution is 5.88. The van der Waals surface area contributed by atoms with E-state index in [1.807, 2.05) is 23.2 Å². The Hall–Kier alpha value is -4.71. The number of imidazole rings is 2. The molecule has 0 aliphatic heterocycles. The Morgan fingerprint density at radius 3 is 2.39 bits per heavy atom. The SMILES string of the molecule is Cc1cc(C)c2c(c1)[n+]1occ(C3(C)[C@H](c4ccccc4-c4nccn4C)C3(C)C)c1c1nc(-c3c(C)cccc3C)cn12. The van der Waals surface area contributed by atoms with Gasteiger partial charge in [-0.05, 0) is 60.9 Å². The van der Waals surface area contributed by atoms with Crippen LogP contribution in [0.5, 0.6) is 0 Å². The Bertz CT molecular complexity index is 2280. The van der Waals surface area contributed by atoms with Crippen LogP contribution in [0, 0.1) is 33.1 Å². The van der Waals surface area contributed by atoms with Gasteiger partial charge >= 0.3 is 5.52 Å². The van der Waals surface area contributed by atoms with Gasteiger partial charge in [-0.1, -0.05) is 69.3 Å². The van der Waals surface area contributed by atoms with Crippen molar-refractivity contribution in [3.8, 4) is 22.6 Å². The highest BCUT2D eigenvalue weighted by atomic mass is 16.5. The van der Waals surface area contributed by atoms with Gasteiger partial charge in [0.15, 0.2) is 6.26 Å². The van der Waals surface area contributed by atoms with Crippen LogP contribution >= 0.6 is 0 Å². The average Bonchev–Trinajstić information content (AvgIpc) is 3.55. The molecule has 0 N–H and O–H groups in total. The van der Waals surface area contributed by atoms with E-state index in [0.29, 0.717) is 0 Å². The standard InChI is InChI=1S/C38H38N5O/c1-22-18-25(4)32-30(19-22)43-33(36-40-29(20-42(32)36)31-23(2)12-11-13-24(31)3)28(21-44-43)38(7)34(37(38,5)6)26-14-9-10-15-27(26)35-39-16-17-41(35)8/h9-21,34H,1-8H3/q+1/t34-,38?/m1/s1. The van der Waals surface area contributed by atoms with E-state index in [0.717, 1.165) is 33.7 Å². The van der Waals surface area contributed by atoms with Crippen molar-refractivity contribution in [3.63, 3.8) is 0 Å². The average molecular weight is 581 g/mol. The number of aryl methyl sites for hydroxylation is 5. The zero-order valence-electron chi connectivity index (χ0n) is 26.7. The minimum atomic E-state index is -0.204. The number of benzene rings is 3. The molecule has 7 aromatic rings. The van der Waals surface area contributed by atoms with Crippen molar-refractivity contribution in [2.45, 2.75) is 59.8 Å².